The van der Waals surface area contributed by atoms with E-state index in [1.165, 1.54) is 21.5 Å². The number of fused-ring (bicyclic) bond motifs is 1. The minimum Gasteiger partial charge on any atom is -0.480 e. The predicted octanol–water partition coefficient (Wildman–Crippen LogP) is 3.90. The van der Waals surface area contributed by atoms with Crippen molar-refractivity contribution in [1.82, 2.24) is 9.55 Å². The lowest BCUT2D eigenvalue weighted by atomic mass is 10.0. The lowest BCUT2D eigenvalue weighted by Crippen LogP contribution is -2.29. The van der Waals surface area contributed by atoms with Gasteiger partial charge in [0.05, 0.1) is 5.39 Å². The number of nitrogens with zero attached hydrogens (tertiary/aromatic N) is 2. The topological polar surface area (TPSA) is 72.2 Å². The van der Waals surface area contributed by atoms with Crippen molar-refractivity contribution in [2.75, 3.05) is 0 Å². The van der Waals surface area contributed by atoms with Crippen LogP contribution in [0.4, 0.5) is 0 Å². The number of aromatic nitrogens is 2. The van der Waals surface area contributed by atoms with E-state index in [1.54, 1.807) is 0 Å². The molecule has 25 heavy (non-hydrogen) atoms. The second kappa shape index (κ2) is 6.80. The summed E-state index contributed by atoms with van der Waals surface area (Å²) in [5.41, 5.74) is 2.70. The van der Waals surface area contributed by atoms with E-state index in [0.29, 0.717) is 16.0 Å². The molecular weight excluding hydrogens is 336 g/mol. The van der Waals surface area contributed by atoms with Crippen LogP contribution in [-0.4, -0.2) is 20.6 Å². The van der Waals surface area contributed by atoms with Crippen LogP contribution < -0.4 is 5.56 Å². The van der Waals surface area contributed by atoms with Gasteiger partial charge in [0.2, 0.25) is 0 Å². The van der Waals surface area contributed by atoms with Crippen molar-refractivity contribution in [3.8, 4) is 11.1 Å². The van der Waals surface area contributed by atoms with Crippen molar-refractivity contribution in [3.05, 3.63) is 51.4 Å². The summed E-state index contributed by atoms with van der Waals surface area (Å²) in [6.45, 7) is 5.53. The number of aliphatic carboxylic acids is 1. The summed E-state index contributed by atoms with van der Waals surface area (Å²) >= 11 is 1.42. The zero-order valence-electron chi connectivity index (χ0n) is 14.4. The van der Waals surface area contributed by atoms with Gasteiger partial charge in [-0.25, -0.2) is 4.98 Å². The van der Waals surface area contributed by atoms with Crippen molar-refractivity contribution >= 4 is 27.5 Å². The summed E-state index contributed by atoms with van der Waals surface area (Å²) < 4.78 is 1.28. The van der Waals surface area contributed by atoms with Gasteiger partial charge < -0.3 is 5.11 Å². The molecule has 0 aliphatic carbocycles. The number of carboxylic acids is 1. The summed E-state index contributed by atoms with van der Waals surface area (Å²) in [5.74, 6) is -0.574. The van der Waals surface area contributed by atoms with Gasteiger partial charge in [0.1, 0.15) is 17.2 Å². The summed E-state index contributed by atoms with van der Waals surface area (Å²) in [6, 6.07) is 8.09. The largest absolute Gasteiger partial charge is 0.480 e. The fraction of sp³-hybridized carbons (Fsp3) is 0.316. The van der Waals surface area contributed by atoms with Crippen LogP contribution in [0.5, 0.6) is 0 Å². The maximum Gasteiger partial charge on any atom is 0.323 e. The molecule has 1 N–H and O–H groups in total. The summed E-state index contributed by atoms with van der Waals surface area (Å²) in [4.78, 5) is 29.5. The molecule has 0 fully saturated rings. The second-order valence-corrected chi connectivity index (χ2v) is 7.15. The van der Waals surface area contributed by atoms with Crippen LogP contribution >= 0.6 is 11.3 Å². The second-order valence-electron chi connectivity index (χ2n) is 6.29. The van der Waals surface area contributed by atoms with E-state index >= 15 is 0 Å². The van der Waals surface area contributed by atoms with Crippen LogP contribution in [0.15, 0.2) is 34.4 Å². The van der Waals surface area contributed by atoms with E-state index in [9.17, 15) is 14.7 Å². The van der Waals surface area contributed by atoms with Crippen molar-refractivity contribution in [3.63, 3.8) is 0 Å². The Bertz CT molecular complexity index is 984. The molecule has 130 valence electrons. The molecule has 2 heterocycles. The zero-order valence-corrected chi connectivity index (χ0v) is 15.3. The van der Waals surface area contributed by atoms with Gasteiger partial charge in [-0.3, -0.25) is 14.2 Å². The van der Waals surface area contributed by atoms with E-state index in [0.717, 1.165) is 17.5 Å². The number of carboxylic acid groups (broad SMARTS) is 1. The minimum atomic E-state index is -1.05. The molecule has 3 aromatic rings. The third kappa shape index (κ3) is 3.22. The molecule has 0 radical (unpaired) electrons. The highest BCUT2D eigenvalue weighted by molar-refractivity contribution is 7.17. The van der Waals surface area contributed by atoms with Gasteiger partial charge in [0, 0.05) is 16.9 Å². The van der Waals surface area contributed by atoms with Crippen LogP contribution in [0.1, 0.15) is 38.1 Å². The molecule has 5 nitrogen and oxygen atoms in total. The van der Waals surface area contributed by atoms with Gasteiger partial charge in [-0.2, -0.15) is 0 Å². The normalized spacial score (nSPS) is 11.4. The van der Waals surface area contributed by atoms with Gasteiger partial charge in [-0.15, -0.1) is 11.3 Å². The number of thiophene rings is 1. The molecule has 0 atom stereocenters. The Balaban J connectivity index is 2.25. The van der Waals surface area contributed by atoms with Crippen LogP contribution in [0, 0.1) is 0 Å². The van der Waals surface area contributed by atoms with Gasteiger partial charge in [0.25, 0.3) is 5.56 Å². The maximum absolute atomic E-state index is 13.0. The number of aryl methyl sites for hydroxylation is 1. The van der Waals surface area contributed by atoms with Gasteiger partial charge in [-0.05, 0) is 17.5 Å². The van der Waals surface area contributed by atoms with Crippen LogP contribution in [0.25, 0.3) is 21.3 Å². The third-order valence-corrected chi connectivity index (χ3v) is 5.08. The smallest absolute Gasteiger partial charge is 0.323 e. The Morgan fingerprint density at radius 3 is 2.52 bits per heavy atom. The number of hydrogen-bond donors (Lipinski definition) is 1. The lowest BCUT2D eigenvalue weighted by molar-refractivity contribution is -0.137. The van der Waals surface area contributed by atoms with E-state index in [-0.39, 0.29) is 18.0 Å². The first-order valence-electron chi connectivity index (χ1n) is 8.25. The number of hydrogen-bond acceptors (Lipinski definition) is 4. The summed E-state index contributed by atoms with van der Waals surface area (Å²) in [7, 11) is 0. The first kappa shape index (κ1) is 17.4. The number of benzene rings is 1. The van der Waals surface area contributed by atoms with Crippen molar-refractivity contribution in [1.29, 1.82) is 0 Å². The molecule has 0 saturated carbocycles. The SMILES string of the molecule is CCc1ccc(-c2csc3nc(C(C)C)n(CC(=O)O)c(=O)c23)cc1. The van der Waals surface area contributed by atoms with Crippen LogP contribution in [0.2, 0.25) is 0 Å². The Hall–Kier alpha value is -2.47. The monoisotopic (exact) mass is 356 g/mol. The highest BCUT2D eigenvalue weighted by Gasteiger charge is 2.19. The molecule has 3 rings (SSSR count). The predicted molar refractivity (Wildman–Crippen MR) is 100 cm³/mol. The zero-order chi connectivity index (χ0) is 18.1. The molecule has 0 amide bonds. The van der Waals surface area contributed by atoms with Gasteiger partial charge in [0.15, 0.2) is 0 Å². The van der Waals surface area contributed by atoms with Gasteiger partial charge >= 0.3 is 5.97 Å². The quantitative estimate of drug-likeness (QED) is 0.753. The molecule has 6 heteroatoms. The Kier molecular flexibility index (Phi) is 4.72. The molecular formula is C19H20N2O3S. The number of rotatable bonds is 5. The lowest BCUT2D eigenvalue weighted by Gasteiger charge is -2.13. The average molecular weight is 356 g/mol. The van der Waals surface area contributed by atoms with E-state index in [1.807, 2.05) is 43.5 Å². The van der Waals surface area contributed by atoms with Gasteiger partial charge in [-0.1, -0.05) is 45.0 Å². The molecule has 0 unspecified atom stereocenters. The summed E-state index contributed by atoms with van der Waals surface area (Å²) in [6.07, 6.45) is 0.954. The molecule has 2 aromatic heterocycles. The Morgan fingerprint density at radius 1 is 1.28 bits per heavy atom. The number of carbonyl (C=O) groups is 1. The van der Waals surface area contributed by atoms with Crippen molar-refractivity contribution in [2.45, 2.75) is 39.7 Å². The summed E-state index contributed by atoms with van der Waals surface area (Å²) in [5, 5.41) is 11.6. The molecule has 0 saturated heterocycles. The average Bonchev–Trinajstić information content (AvgIpc) is 3.01. The fourth-order valence-electron chi connectivity index (χ4n) is 2.90. The minimum absolute atomic E-state index is 0.0363. The Morgan fingerprint density at radius 2 is 1.96 bits per heavy atom. The van der Waals surface area contributed by atoms with E-state index in [2.05, 4.69) is 11.9 Å². The molecule has 0 spiro atoms. The van der Waals surface area contributed by atoms with Crippen LogP contribution in [0.3, 0.4) is 0 Å². The van der Waals surface area contributed by atoms with Crippen LogP contribution in [-0.2, 0) is 17.8 Å². The standard InChI is InChI=1S/C19H20N2O3S/c1-4-12-5-7-13(8-6-12)14-10-25-18-16(14)19(24)21(9-15(22)23)17(20-18)11(2)3/h5-8,10-11H,4,9H2,1-3H3,(H,22,23). The molecule has 1 aromatic carbocycles. The fourth-order valence-corrected chi connectivity index (χ4v) is 3.85. The molecule has 0 aliphatic heterocycles. The van der Waals surface area contributed by atoms with Crippen molar-refractivity contribution in [2.24, 2.45) is 0 Å². The molecule has 0 bridgehead atoms. The van der Waals surface area contributed by atoms with Crippen molar-refractivity contribution < 1.29 is 9.90 Å². The first-order valence-corrected chi connectivity index (χ1v) is 9.13. The van der Waals surface area contributed by atoms with E-state index in [4.69, 9.17) is 0 Å². The first-order chi connectivity index (χ1) is 11.9. The third-order valence-electron chi connectivity index (χ3n) is 4.21. The van der Waals surface area contributed by atoms with E-state index < -0.39 is 5.97 Å². The highest BCUT2D eigenvalue weighted by atomic mass is 32.1. The Labute approximate surface area is 149 Å². The highest BCUT2D eigenvalue weighted by Crippen LogP contribution is 2.32. The maximum atomic E-state index is 13.0. The molecule has 0 aliphatic rings.